The van der Waals surface area contributed by atoms with Gasteiger partial charge in [-0.15, -0.1) is 0 Å². The molecular formula is C25H15BrCl2N4O9. The van der Waals surface area contributed by atoms with Crippen molar-refractivity contribution in [1.82, 2.24) is 5.32 Å². The highest BCUT2D eigenvalue weighted by atomic mass is 79.9. The Kier molecular flexibility index (Phi) is 8.56. The number of hydrogen-bond acceptors (Lipinski definition) is 9. The first-order valence-corrected chi connectivity index (χ1v) is 12.9. The zero-order valence-corrected chi connectivity index (χ0v) is 23.7. The zero-order valence-electron chi connectivity index (χ0n) is 20.6. The molecule has 1 heterocycles. The number of benzene rings is 3. The van der Waals surface area contributed by atoms with Gasteiger partial charge >= 0.3 is 11.7 Å². The number of barbiturate groups is 1. The van der Waals surface area contributed by atoms with E-state index in [4.69, 9.17) is 32.7 Å². The molecule has 4 amide bonds. The fourth-order valence-corrected chi connectivity index (χ4v) is 4.51. The molecule has 0 spiro atoms. The summed E-state index contributed by atoms with van der Waals surface area (Å²) in [6.07, 6.45) is 1.21. The molecule has 3 aromatic carbocycles. The SMILES string of the molecule is CCOc1cc(/C=C2\C(=O)NC(=O)N(c3ccc(Cl)c(Cl)c3)C2=O)cc(Br)c1Oc1ccc([N+](=O)[O-])cc1[N+](=O)[O-]. The predicted molar refractivity (Wildman–Crippen MR) is 151 cm³/mol. The number of nitro groups is 2. The average molecular weight is 666 g/mol. The molecule has 4 rings (SSSR count). The second-order valence-corrected chi connectivity index (χ2v) is 9.76. The molecule has 13 nitrogen and oxygen atoms in total. The number of carbonyl (C=O) groups excluding carboxylic acids is 3. The number of nitrogens with zero attached hydrogens (tertiary/aromatic N) is 3. The summed E-state index contributed by atoms with van der Waals surface area (Å²) in [6.45, 7) is 1.79. The number of nitro benzene ring substituents is 2. The maximum atomic E-state index is 13.2. The molecule has 1 aliphatic rings. The minimum absolute atomic E-state index is 0.0158. The van der Waals surface area contributed by atoms with E-state index < -0.39 is 44.6 Å². The summed E-state index contributed by atoms with van der Waals surface area (Å²) in [6, 6.07) is 8.79. The van der Waals surface area contributed by atoms with Gasteiger partial charge in [0.2, 0.25) is 5.75 Å². The van der Waals surface area contributed by atoms with E-state index in [9.17, 15) is 34.6 Å². The van der Waals surface area contributed by atoms with Crippen molar-refractivity contribution < 1.29 is 33.7 Å². The van der Waals surface area contributed by atoms with Crippen LogP contribution in [0, 0.1) is 20.2 Å². The number of rotatable bonds is 8. The van der Waals surface area contributed by atoms with Gasteiger partial charge in [0.15, 0.2) is 11.5 Å². The van der Waals surface area contributed by atoms with Gasteiger partial charge in [0.1, 0.15) is 5.57 Å². The minimum Gasteiger partial charge on any atom is -0.490 e. The Labute approximate surface area is 248 Å². The van der Waals surface area contributed by atoms with Crippen LogP contribution in [0.3, 0.4) is 0 Å². The molecule has 3 aromatic rings. The number of anilines is 1. The van der Waals surface area contributed by atoms with Crippen LogP contribution in [-0.4, -0.2) is 34.3 Å². The monoisotopic (exact) mass is 664 g/mol. The number of carbonyl (C=O) groups is 3. The Hall–Kier alpha value is -4.53. The van der Waals surface area contributed by atoms with Crippen LogP contribution in [0.25, 0.3) is 6.08 Å². The average Bonchev–Trinajstić information content (AvgIpc) is 2.90. The van der Waals surface area contributed by atoms with E-state index in [1.807, 2.05) is 0 Å². The third kappa shape index (κ3) is 6.14. The van der Waals surface area contributed by atoms with E-state index in [1.54, 1.807) is 6.92 Å². The van der Waals surface area contributed by atoms with E-state index in [0.29, 0.717) is 0 Å². The standard InChI is InChI=1S/C25H15BrCl2N4O9/c1-2-40-21-9-12(8-16(26)22(21)41-20-6-4-14(31(36)37)11-19(20)32(38)39)7-15-23(33)29-25(35)30(24(15)34)13-3-5-17(27)18(28)10-13/h3-11H,2H2,1H3,(H,29,33,35)/b15-7+. The first-order chi connectivity index (χ1) is 19.4. The molecule has 0 saturated carbocycles. The second-order valence-electron chi connectivity index (χ2n) is 8.09. The number of halogens is 3. The number of imide groups is 2. The molecule has 1 aliphatic heterocycles. The molecule has 16 heteroatoms. The quantitative estimate of drug-likeness (QED) is 0.123. The molecule has 0 atom stereocenters. The van der Waals surface area contributed by atoms with Crippen molar-refractivity contribution in [3.8, 4) is 17.2 Å². The fraction of sp³-hybridized carbons (Fsp3) is 0.0800. The van der Waals surface area contributed by atoms with Gasteiger partial charge in [0, 0.05) is 6.07 Å². The largest absolute Gasteiger partial charge is 0.490 e. The first-order valence-electron chi connectivity index (χ1n) is 11.3. The second kappa shape index (κ2) is 11.9. The van der Waals surface area contributed by atoms with Crippen LogP contribution in [0.5, 0.6) is 17.2 Å². The lowest BCUT2D eigenvalue weighted by Gasteiger charge is -2.26. The lowest BCUT2D eigenvalue weighted by atomic mass is 10.1. The van der Waals surface area contributed by atoms with E-state index >= 15 is 0 Å². The number of nitrogens with one attached hydrogen (secondary N) is 1. The maximum absolute atomic E-state index is 13.2. The summed E-state index contributed by atoms with van der Waals surface area (Å²) in [7, 11) is 0. The summed E-state index contributed by atoms with van der Waals surface area (Å²) in [5, 5.41) is 25.0. The number of ether oxygens (including phenoxy) is 2. The first kappa shape index (κ1) is 29.5. The van der Waals surface area contributed by atoms with Crippen LogP contribution in [0.4, 0.5) is 21.9 Å². The molecular weight excluding hydrogens is 651 g/mol. The van der Waals surface area contributed by atoms with Crippen molar-refractivity contribution in [2.75, 3.05) is 11.5 Å². The number of amides is 4. The lowest BCUT2D eigenvalue weighted by Crippen LogP contribution is -2.54. The van der Waals surface area contributed by atoms with Crippen LogP contribution in [0.1, 0.15) is 12.5 Å². The molecule has 0 bridgehead atoms. The van der Waals surface area contributed by atoms with Gasteiger partial charge in [-0.25, -0.2) is 9.69 Å². The van der Waals surface area contributed by atoms with Gasteiger partial charge in [-0.1, -0.05) is 23.2 Å². The van der Waals surface area contributed by atoms with Gasteiger partial charge in [0.05, 0.1) is 42.7 Å². The molecule has 0 radical (unpaired) electrons. The fourth-order valence-electron chi connectivity index (χ4n) is 3.67. The van der Waals surface area contributed by atoms with Gasteiger partial charge in [-0.3, -0.25) is 35.1 Å². The van der Waals surface area contributed by atoms with Gasteiger partial charge in [-0.2, -0.15) is 0 Å². The van der Waals surface area contributed by atoms with Crippen LogP contribution in [-0.2, 0) is 9.59 Å². The zero-order chi connectivity index (χ0) is 30.0. The Morgan fingerprint density at radius 2 is 1.71 bits per heavy atom. The number of hydrogen-bond donors (Lipinski definition) is 1. The van der Waals surface area contributed by atoms with Gasteiger partial charge in [0.25, 0.3) is 17.5 Å². The topological polar surface area (TPSA) is 171 Å². The van der Waals surface area contributed by atoms with Crippen molar-refractivity contribution >= 4 is 80.1 Å². The Bertz CT molecular complexity index is 1680. The van der Waals surface area contributed by atoms with Crippen molar-refractivity contribution in [3.05, 3.63) is 94.4 Å². The molecule has 210 valence electrons. The summed E-state index contributed by atoms with van der Waals surface area (Å²) >= 11 is 15.3. The Balaban J connectivity index is 1.74. The Morgan fingerprint density at radius 1 is 0.976 bits per heavy atom. The molecule has 0 aromatic heterocycles. The molecule has 1 saturated heterocycles. The smallest absolute Gasteiger partial charge is 0.335 e. The molecule has 41 heavy (non-hydrogen) atoms. The van der Waals surface area contributed by atoms with E-state index in [0.717, 1.165) is 23.1 Å². The van der Waals surface area contributed by atoms with Gasteiger partial charge in [-0.05, 0) is 70.9 Å². The molecule has 0 unspecified atom stereocenters. The van der Waals surface area contributed by atoms with Crippen LogP contribution < -0.4 is 19.7 Å². The van der Waals surface area contributed by atoms with E-state index in [2.05, 4.69) is 21.2 Å². The van der Waals surface area contributed by atoms with Crippen molar-refractivity contribution in [1.29, 1.82) is 0 Å². The van der Waals surface area contributed by atoms with Crippen molar-refractivity contribution in [2.24, 2.45) is 0 Å². The van der Waals surface area contributed by atoms with E-state index in [1.165, 1.54) is 36.4 Å². The minimum atomic E-state index is -0.986. The molecule has 1 fully saturated rings. The summed E-state index contributed by atoms with van der Waals surface area (Å²) in [5.41, 5.74) is -1.22. The highest BCUT2D eigenvalue weighted by molar-refractivity contribution is 9.10. The highest BCUT2D eigenvalue weighted by Crippen LogP contribution is 2.43. The third-order valence-corrected chi connectivity index (χ3v) is 6.80. The normalized spacial score (nSPS) is 14.2. The lowest BCUT2D eigenvalue weighted by molar-refractivity contribution is -0.394. The number of urea groups is 1. The van der Waals surface area contributed by atoms with E-state index in [-0.39, 0.29) is 49.6 Å². The van der Waals surface area contributed by atoms with Crippen LogP contribution in [0.15, 0.2) is 58.6 Å². The predicted octanol–water partition coefficient (Wildman–Crippen LogP) is 6.43. The van der Waals surface area contributed by atoms with Crippen LogP contribution in [0.2, 0.25) is 10.0 Å². The summed E-state index contributed by atoms with van der Waals surface area (Å²) in [5.74, 6) is -2.15. The van der Waals surface area contributed by atoms with Gasteiger partial charge < -0.3 is 9.47 Å². The third-order valence-electron chi connectivity index (χ3n) is 5.47. The van der Waals surface area contributed by atoms with Crippen LogP contribution >= 0.6 is 39.1 Å². The summed E-state index contributed by atoms with van der Waals surface area (Å²) < 4.78 is 11.6. The summed E-state index contributed by atoms with van der Waals surface area (Å²) in [4.78, 5) is 60.1. The highest BCUT2D eigenvalue weighted by Gasteiger charge is 2.37. The maximum Gasteiger partial charge on any atom is 0.335 e. The Morgan fingerprint density at radius 3 is 2.34 bits per heavy atom. The molecule has 1 N–H and O–H groups in total. The number of non-ortho nitro benzene ring substituents is 1. The van der Waals surface area contributed by atoms with Crippen molar-refractivity contribution in [2.45, 2.75) is 6.92 Å². The molecule has 0 aliphatic carbocycles. The van der Waals surface area contributed by atoms with Crippen molar-refractivity contribution in [3.63, 3.8) is 0 Å².